The Balaban J connectivity index is 2.82. The van der Waals surface area contributed by atoms with Gasteiger partial charge in [0.2, 0.25) is 0 Å². The van der Waals surface area contributed by atoms with E-state index in [2.05, 4.69) is 29.5 Å². The molecule has 0 spiro atoms. The van der Waals surface area contributed by atoms with E-state index in [1.165, 1.54) is 0 Å². The van der Waals surface area contributed by atoms with E-state index in [1.54, 1.807) is 0 Å². The second kappa shape index (κ2) is 2.92. The number of rotatable bonds is 1. The van der Waals surface area contributed by atoms with Gasteiger partial charge in [-0.25, -0.2) is 0 Å². The van der Waals surface area contributed by atoms with Crippen molar-refractivity contribution in [3.05, 3.63) is 0 Å². The molecule has 1 fully saturated rings. The van der Waals surface area contributed by atoms with Crippen molar-refractivity contribution in [2.75, 3.05) is 4.43 Å². The molecule has 0 N–H and O–H groups in total. The monoisotopic (exact) mass is 268 g/mol. The zero-order valence-corrected chi connectivity index (χ0v) is 9.21. The van der Waals surface area contributed by atoms with Gasteiger partial charge in [-0.05, 0) is 6.92 Å². The van der Waals surface area contributed by atoms with Gasteiger partial charge in [-0.3, -0.25) is 4.79 Å². The van der Waals surface area contributed by atoms with E-state index in [4.69, 9.17) is 4.74 Å². The van der Waals surface area contributed by atoms with Gasteiger partial charge in [-0.2, -0.15) is 0 Å². The van der Waals surface area contributed by atoms with Crippen molar-refractivity contribution in [1.29, 1.82) is 0 Å². The highest BCUT2D eigenvalue weighted by atomic mass is 127. The molecule has 3 atom stereocenters. The summed E-state index contributed by atoms with van der Waals surface area (Å²) in [5, 5.41) is 0. The molecular formula is C8H13IO2. The molecule has 2 nitrogen and oxygen atoms in total. The SMILES string of the molecule is C[C@@H]1C(=O)O[C@](C)(CI)[C@@H]1C. The van der Waals surface area contributed by atoms with Crippen LogP contribution in [0.2, 0.25) is 0 Å². The third kappa shape index (κ3) is 1.39. The molecule has 11 heavy (non-hydrogen) atoms. The van der Waals surface area contributed by atoms with E-state index in [0.717, 1.165) is 4.43 Å². The summed E-state index contributed by atoms with van der Waals surface area (Å²) in [7, 11) is 0. The second-order valence-corrected chi connectivity index (χ2v) is 4.21. The largest absolute Gasteiger partial charge is 0.458 e. The first-order chi connectivity index (χ1) is 5.01. The van der Waals surface area contributed by atoms with Crippen molar-refractivity contribution in [1.82, 2.24) is 0 Å². The maximum absolute atomic E-state index is 11.1. The van der Waals surface area contributed by atoms with Crippen LogP contribution in [0, 0.1) is 11.8 Å². The lowest BCUT2D eigenvalue weighted by atomic mass is 9.86. The number of esters is 1. The van der Waals surface area contributed by atoms with Crippen molar-refractivity contribution in [3.8, 4) is 0 Å². The Kier molecular flexibility index (Phi) is 2.46. The molecule has 1 saturated heterocycles. The summed E-state index contributed by atoms with van der Waals surface area (Å²) in [5.74, 6) is 0.360. The molecule has 0 aromatic heterocycles. The quantitative estimate of drug-likeness (QED) is 0.413. The van der Waals surface area contributed by atoms with Crippen molar-refractivity contribution in [2.45, 2.75) is 26.4 Å². The number of cyclic esters (lactones) is 1. The zero-order chi connectivity index (χ0) is 8.65. The van der Waals surface area contributed by atoms with Gasteiger partial charge in [0, 0.05) is 10.3 Å². The predicted octanol–water partition coefficient (Wildman–Crippen LogP) is 2.01. The third-order valence-corrected chi connectivity index (χ3v) is 4.20. The molecule has 1 aliphatic rings. The van der Waals surface area contributed by atoms with Gasteiger partial charge in [-0.15, -0.1) is 0 Å². The smallest absolute Gasteiger partial charge is 0.309 e. The van der Waals surface area contributed by atoms with Gasteiger partial charge < -0.3 is 4.74 Å². The highest BCUT2D eigenvalue weighted by Gasteiger charge is 2.47. The van der Waals surface area contributed by atoms with Crippen LogP contribution < -0.4 is 0 Å². The average molecular weight is 268 g/mol. The van der Waals surface area contributed by atoms with Gasteiger partial charge in [0.15, 0.2) is 0 Å². The van der Waals surface area contributed by atoms with E-state index in [-0.39, 0.29) is 17.5 Å². The van der Waals surface area contributed by atoms with Crippen LogP contribution in [0.3, 0.4) is 0 Å². The number of carbonyl (C=O) groups is 1. The van der Waals surface area contributed by atoms with E-state index in [1.807, 2.05) is 13.8 Å². The molecule has 0 aromatic rings. The molecule has 0 amide bonds. The highest BCUT2D eigenvalue weighted by molar-refractivity contribution is 14.1. The van der Waals surface area contributed by atoms with E-state index in [9.17, 15) is 4.79 Å². The van der Waals surface area contributed by atoms with Crippen LogP contribution in [-0.2, 0) is 9.53 Å². The summed E-state index contributed by atoms with van der Waals surface area (Å²) in [5.41, 5.74) is -0.225. The Labute approximate surface area is 80.8 Å². The standard InChI is InChI=1S/C8H13IO2/c1-5-6(2)8(3,4-9)11-7(5)10/h5-6H,4H2,1-3H3/t5-,6+,8+/m0/s1. The Hall–Kier alpha value is 0.200. The van der Waals surface area contributed by atoms with Crippen LogP contribution >= 0.6 is 22.6 Å². The minimum atomic E-state index is -0.225. The van der Waals surface area contributed by atoms with E-state index in [0.29, 0.717) is 5.92 Å². The molecule has 0 unspecified atom stereocenters. The fraction of sp³-hybridized carbons (Fsp3) is 0.875. The van der Waals surface area contributed by atoms with Crippen molar-refractivity contribution in [3.63, 3.8) is 0 Å². The second-order valence-electron chi connectivity index (χ2n) is 3.44. The summed E-state index contributed by atoms with van der Waals surface area (Å²) in [6.07, 6.45) is 0. The fourth-order valence-corrected chi connectivity index (χ4v) is 2.15. The average Bonchev–Trinajstić information content (AvgIpc) is 2.17. The van der Waals surface area contributed by atoms with Gasteiger partial charge in [0.1, 0.15) is 5.60 Å². The third-order valence-electron chi connectivity index (χ3n) is 2.68. The van der Waals surface area contributed by atoms with E-state index < -0.39 is 0 Å². The van der Waals surface area contributed by atoms with E-state index >= 15 is 0 Å². The first-order valence-electron chi connectivity index (χ1n) is 3.80. The molecule has 0 bridgehead atoms. The Morgan fingerprint density at radius 2 is 2.18 bits per heavy atom. The van der Waals surface area contributed by atoms with Crippen molar-refractivity contribution in [2.24, 2.45) is 11.8 Å². The lowest BCUT2D eigenvalue weighted by molar-refractivity contribution is -0.147. The molecule has 64 valence electrons. The van der Waals surface area contributed by atoms with Gasteiger partial charge in [0.25, 0.3) is 0 Å². The van der Waals surface area contributed by atoms with Crippen LogP contribution in [0.1, 0.15) is 20.8 Å². The van der Waals surface area contributed by atoms with Gasteiger partial charge in [0.05, 0.1) is 5.92 Å². The summed E-state index contributed by atoms with van der Waals surface area (Å²) in [6, 6.07) is 0. The first kappa shape index (κ1) is 9.29. The van der Waals surface area contributed by atoms with Crippen LogP contribution in [-0.4, -0.2) is 16.0 Å². The molecule has 0 aromatic carbocycles. The maximum Gasteiger partial charge on any atom is 0.309 e. The molecular weight excluding hydrogens is 255 g/mol. The summed E-state index contributed by atoms with van der Waals surface area (Å²) in [6.45, 7) is 6.02. The number of halogens is 1. The lowest BCUT2D eigenvalue weighted by Crippen LogP contribution is -2.32. The topological polar surface area (TPSA) is 26.3 Å². The normalized spacial score (nSPS) is 44.2. The van der Waals surface area contributed by atoms with Crippen LogP contribution in [0.25, 0.3) is 0 Å². The van der Waals surface area contributed by atoms with Crippen LogP contribution in [0.4, 0.5) is 0 Å². The zero-order valence-electron chi connectivity index (χ0n) is 7.06. The summed E-state index contributed by atoms with van der Waals surface area (Å²) >= 11 is 2.26. The lowest BCUT2D eigenvalue weighted by Gasteiger charge is -2.25. The molecule has 0 aliphatic carbocycles. The number of carbonyl (C=O) groups excluding carboxylic acids is 1. The maximum atomic E-state index is 11.1. The van der Waals surface area contributed by atoms with Crippen LogP contribution in [0.15, 0.2) is 0 Å². The number of hydrogen-bond acceptors (Lipinski definition) is 2. The van der Waals surface area contributed by atoms with Crippen molar-refractivity contribution >= 4 is 28.6 Å². The van der Waals surface area contributed by atoms with Gasteiger partial charge >= 0.3 is 5.97 Å². The molecule has 0 saturated carbocycles. The Morgan fingerprint density at radius 1 is 1.64 bits per heavy atom. The highest BCUT2D eigenvalue weighted by Crippen LogP contribution is 2.37. The Morgan fingerprint density at radius 3 is 2.36 bits per heavy atom. The molecule has 1 rings (SSSR count). The van der Waals surface area contributed by atoms with Gasteiger partial charge in [-0.1, -0.05) is 36.4 Å². The molecule has 1 heterocycles. The summed E-state index contributed by atoms with van der Waals surface area (Å²) < 4.78 is 6.15. The Bertz CT molecular complexity index is 181. The number of hydrogen-bond donors (Lipinski definition) is 0. The minimum Gasteiger partial charge on any atom is -0.458 e. The molecule has 3 heteroatoms. The number of alkyl halides is 1. The predicted molar refractivity (Wildman–Crippen MR) is 51.7 cm³/mol. The van der Waals surface area contributed by atoms with Crippen molar-refractivity contribution < 1.29 is 9.53 Å². The van der Waals surface area contributed by atoms with Crippen LogP contribution in [0.5, 0.6) is 0 Å². The molecule has 0 radical (unpaired) electrons. The fourth-order valence-electron chi connectivity index (χ4n) is 1.30. The number of ether oxygens (including phenoxy) is 1. The summed E-state index contributed by atoms with van der Waals surface area (Å²) in [4.78, 5) is 11.1. The first-order valence-corrected chi connectivity index (χ1v) is 5.32. The minimum absolute atomic E-state index is 0.0448. The molecule has 1 aliphatic heterocycles.